The van der Waals surface area contributed by atoms with Crippen LogP contribution in [0, 0.1) is 31.6 Å². The normalized spacial score (nSPS) is 23.0. The molecule has 0 atom stereocenters. The zero-order valence-corrected chi connectivity index (χ0v) is 16.7. The maximum Gasteiger partial charge on any atom is 0.494 e. The fraction of sp³-hybridized carbons (Fsp3) is 0.684. The second kappa shape index (κ2) is 6.73. The summed E-state index contributed by atoms with van der Waals surface area (Å²) in [5.74, 6) is 0. The molecule has 2 saturated heterocycles. The summed E-state index contributed by atoms with van der Waals surface area (Å²) in [5, 5.41) is 0. The van der Waals surface area contributed by atoms with E-state index >= 15 is 0 Å². The predicted octanol–water partition coefficient (Wildman–Crippen LogP) is 2.15. The summed E-state index contributed by atoms with van der Waals surface area (Å²) >= 11 is 0. The van der Waals surface area contributed by atoms with E-state index in [4.69, 9.17) is 18.6 Å². The molecule has 0 saturated carbocycles. The zero-order valence-electron chi connectivity index (χ0n) is 16.7. The highest BCUT2D eigenvalue weighted by Crippen LogP contribution is 2.24. The van der Waals surface area contributed by atoms with Crippen LogP contribution in [0.4, 0.5) is 0 Å². The minimum atomic E-state index is -0.286. The van der Waals surface area contributed by atoms with Gasteiger partial charge in [0, 0.05) is 37.3 Å². The van der Waals surface area contributed by atoms with Gasteiger partial charge in [0.25, 0.3) is 0 Å². The topological polar surface area (TPSA) is 36.9 Å². The number of aryl methyl sites for hydroxylation is 1. The van der Waals surface area contributed by atoms with Crippen molar-refractivity contribution in [3.8, 4) is 0 Å². The SMILES string of the molecule is Cc1cc(B2OCC(C)(C)CO2)c(C)c(C)c1B1OCC(C)(C)CO1. The highest BCUT2D eigenvalue weighted by Gasteiger charge is 2.38. The summed E-state index contributed by atoms with van der Waals surface area (Å²) in [5.41, 5.74) is 5.98. The second-order valence-electron chi connectivity index (χ2n) is 9.18. The standard InChI is InChI=1S/C19H30B2O4/c1-13-8-16(20-22-9-18(4,5)10-23-20)14(2)15(3)17(13)21-24-11-19(6,7)12-25-21/h8H,9-12H2,1-7H3. The molecule has 1 aromatic rings. The van der Waals surface area contributed by atoms with Crippen molar-refractivity contribution >= 4 is 25.2 Å². The minimum Gasteiger partial charge on any atom is -0.407 e. The van der Waals surface area contributed by atoms with E-state index in [9.17, 15) is 0 Å². The van der Waals surface area contributed by atoms with Crippen molar-refractivity contribution in [3.63, 3.8) is 0 Å². The van der Waals surface area contributed by atoms with Gasteiger partial charge in [0.2, 0.25) is 0 Å². The minimum absolute atomic E-state index is 0.0733. The molecule has 0 N–H and O–H groups in total. The summed E-state index contributed by atoms with van der Waals surface area (Å²) in [4.78, 5) is 0. The van der Waals surface area contributed by atoms with Gasteiger partial charge in [0.15, 0.2) is 0 Å². The van der Waals surface area contributed by atoms with Crippen LogP contribution in [0.2, 0.25) is 0 Å². The van der Waals surface area contributed by atoms with Gasteiger partial charge < -0.3 is 18.6 Å². The van der Waals surface area contributed by atoms with Gasteiger partial charge in [-0.15, -0.1) is 0 Å². The highest BCUT2D eigenvalue weighted by molar-refractivity contribution is 6.65. The van der Waals surface area contributed by atoms with Crippen molar-refractivity contribution < 1.29 is 18.6 Å². The average molecular weight is 344 g/mol. The first kappa shape index (κ1) is 19.0. The molecular weight excluding hydrogens is 314 g/mol. The molecule has 6 heteroatoms. The van der Waals surface area contributed by atoms with Gasteiger partial charge in [-0.05, 0) is 42.8 Å². The molecule has 0 spiro atoms. The van der Waals surface area contributed by atoms with Gasteiger partial charge in [-0.1, -0.05) is 39.3 Å². The summed E-state index contributed by atoms with van der Waals surface area (Å²) in [7, 11) is -0.570. The third-order valence-electron chi connectivity index (χ3n) is 5.19. The van der Waals surface area contributed by atoms with Crippen LogP contribution >= 0.6 is 0 Å². The van der Waals surface area contributed by atoms with E-state index in [2.05, 4.69) is 54.5 Å². The average Bonchev–Trinajstić information content (AvgIpc) is 2.53. The van der Waals surface area contributed by atoms with E-state index in [1.54, 1.807) is 0 Å². The Kier molecular flexibility index (Phi) is 5.11. The molecule has 0 radical (unpaired) electrons. The molecule has 3 rings (SSSR count). The second-order valence-corrected chi connectivity index (χ2v) is 9.18. The monoisotopic (exact) mass is 344 g/mol. The van der Waals surface area contributed by atoms with Gasteiger partial charge >= 0.3 is 14.2 Å². The Morgan fingerprint density at radius 2 is 1.16 bits per heavy atom. The molecule has 0 aromatic heterocycles. The molecule has 0 amide bonds. The van der Waals surface area contributed by atoms with Crippen LogP contribution in [-0.2, 0) is 18.6 Å². The number of hydrogen-bond donors (Lipinski definition) is 0. The largest absolute Gasteiger partial charge is 0.494 e. The summed E-state index contributed by atoms with van der Waals surface area (Å²) in [6.07, 6.45) is 0. The van der Waals surface area contributed by atoms with Crippen LogP contribution in [0.15, 0.2) is 6.07 Å². The smallest absolute Gasteiger partial charge is 0.407 e. The maximum absolute atomic E-state index is 6.02. The molecule has 0 bridgehead atoms. The van der Waals surface area contributed by atoms with Gasteiger partial charge in [-0.3, -0.25) is 0 Å². The lowest BCUT2D eigenvalue weighted by molar-refractivity contribution is 0.0338. The summed E-state index contributed by atoms with van der Waals surface area (Å²) in [6.45, 7) is 17.9. The van der Waals surface area contributed by atoms with E-state index < -0.39 is 0 Å². The van der Waals surface area contributed by atoms with Crippen LogP contribution in [0.3, 0.4) is 0 Å². The van der Waals surface area contributed by atoms with Crippen LogP contribution < -0.4 is 10.9 Å². The van der Waals surface area contributed by atoms with Crippen molar-refractivity contribution in [2.75, 3.05) is 26.4 Å². The molecule has 0 unspecified atom stereocenters. The molecule has 2 heterocycles. The summed E-state index contributed by atoms with van der Waals surface area (Å²) < 4.78 is 24.0. The summed E-state index contributed by atoms with van der Waals surface area (Å²) in [6, 6.07) is 2.17. The number of benzene rings is 1. The maximum atomic E-state index is 6.02. The molecule has 4 nitrogen and oxygen atoms in total. The van der Waals surface area contributed by atoms with Crippen LogP contribution in [-0.4, -0.2) is 40.7 Å². The predicted molar refractivity (Wildman–Crippen MR) is 103 cm³/mol. The Morgan fingerprint density at radius 3 is 1.64 bits per heavy atom. The van der Waals surface area contributed by atoms with Crippen molar-refractivity contribution in [1.82, 2.24) is 0 Å². The zero-order chi connectivity index (χ0) is 18.4. The fourth-order valence-corrected chi connectivity index (χ4v) is 3.47. The molecule has 136 valence electrons. The Balaban J connectivity index is 1.85. The molecule has 25 heavy (non-hydrogen) atoms. The molecule has 2 aliphatic heterocycles. The van der Waals surface area contributed by atoms with Crippen molar-refractivity contribution in [1.29, 1.82) is 0 Å². The number of rotatable bonds is 2. The van der Waals surface area contributed by atoms with E-state index in [-0.39, 0.29) is 25.1 Å². The van der Waals surface area contributed by atoms with E-state index in [0.29, 0.717) is 26.4 Å². The first-order valence-corrected chi connectivity index (χ1v) is 9.17. The van der Waals surface area contributed by atoms with Crippen molar-refractivity contribution in [2.24, 2.45) is 10.8 Å². The Bertz CT molecular complexity index is 637. The van der Waals surface area contributed by atoms with Gasteiger partial charge in [0.05, 0.1) is 0 Å². The quantitative estimate of drug-likeness (QED) is 0.771. The van der Waals surface area contributed by atoms with E-state index in [1.165, 1.54) is 16.7 Å². The van der Waals surface area contributed by atoms with Crippen LogP contribution in [0.1, 0.15) is 44.4 Å². The van der Waals surface area contributed by atoms with Gasteiger partial charge in [-0.25, -0.2) is 0 Å². The molecule has 0 aliphatic carbocycles. The molecule has 1 aromatic carbocycles. The first-order valence-electron chi connectivity index (χ1n) is 9.17. The van der Waals surface area contributed by atoms with Crippen molar-refractivity contribution in [3.05, 3.63) is 22.8 Å². The highest BCUT2D eigenvalue weighted by atomic mass is 16.6. The third kappa shape index (κ3) is 3.97. The van der Waals surface area contributed by atoms with Gasteiger partial charge in [0.1, 0.15) is 0 Å². The van der Waals surface area contributed by atoms with Gasteiger partial charge in [-0.2, -0.15) is 0 Å². The molecular formula is C19H30B2O4. The lowest BCUT2D eigenvalue weighted by Crippen LogP contribution is -2.52. The van der Waals surface area contributed by atoms with Crippen molar-refractivity contribution in [2.45, 2.75) is 48.5 Å². The van der Waals surface area contributed by atoms with Crippen LogP contribution in [0.25, 0.3) is 0 Å². The Hall–Kier alpha value is -0.810. The third-order valence-corrected chi connectivity index (χ3v) is 5.19. The molecule has 2 fully saturated rings. The lowest BCUT2D eigenvalue weighted by Gasteiger charge is -2.35. The Labute approximate surface area is 152 Å². The van der Waals surface area contributed by atoms with E-state index in [0.717, 1.165) is 10.9 Å². The Morgan fingerprint density at radius 1 is 0.720 bits per heavy atom. The van der Waals surface area contributed by atoms with Crippen LogP contribution in [0.5, 0.6) is 0 Å². The number of hydrogen-bond acceptors (Lipinski definition) is 4. The lowest BCUT2D eigenvalue weighted by atomic mass is 9.65. The fourth-order valence-electron chi connectivity index (χ4n) is 3.47. The first-order chi connectivity index (χ1) is 11.6. The van der Waals surface area contributed by atoms with E-state index in [1.807, 2.05) is 0 Å². The molecule has 2 aliphatic rings.